The molecule has 0 bridgehead atoms. The van der Waals surface area contributed by atoms with Crippen LogP contribution in [0.5, 0.6) is 0 Å². The Morgan fingerprint density at radius 1 is 1.27 bits per heavy atom. The normalized spacial score (nSPS) is 24.6. The third-order valence-electron chi connectivity index (χ3n) is 2.89. The Morgan fingerprint density at radius 2 is 2.00 bits per heavy atom. The van der Waals surface area contributed by atoms with E-state index in [2.05, 4.69) is 5.32 Å². The number of nitrogen functional groups attached to an aromatic ring is 2. The number of benzene rings is 1. The van der Waals surface area contributed by atoms with Crippen LogP contribution in [0.25, 0.3) is 0 Å². The lowest BCUT2D eigenvalue weighted by molar-refractivity contribution is 0.0329. The van der Waals surface area contributed by atoms with Gasteiger partial charge in [-0.15, -0.1) is 0 Å². The van der Waals surface area contributed by atoms with Crippen LogP contribution >= 0.6 is 0 Å². The van der Waals surface area contributed by atoms with E-state index in [-0.39, 0.29) is 0 Å². The van der Waals surface area contributed by atoms with Gasteiger partial charge in [0.2, 0.25) is 0 Å². The van der Waals surface area contributed by atoms with Crippen LogP contribution < -0.4 is 16.8 Å². The van der Waals surface area contributed by atoms with Crippen molar-refractivity contribution >= 4 is 17.1 Å². The highest BCUT2D eigenvalue weighted by atomic mass is 16.5. The van der Waals surface area contributed by atoms with Gasteiger partial charge in [0.25, 0.3) is 0 Å². The summed E-state index contributed by atoms with van der Waals surface area (Å²) in [5.74, 6) is 0. The minimum Gasteiger partial charge on any atom is -0.397 e. The summed E-state index contributed by atoms with van der Waals surface area (Å²) in [6.07, 6.45) is 2.52. The largest absolute Gasteiger partial charge is 0.397 e. The summed E-state index contributed by atoms with van der Waals surface area (Å²) < 4.78 is 5.21. The fourth-order valence-electron chi connectivity index (χ4n) is 1.78. The van der Waals surface area contributed by atoms with Gasteiger partial charge in [0.1, 0.15) is 0 Å². The number of nitrogens with two attached hydrogens (primary N) is 2. The Kier molecular flexibility index (Phi) is 2.68. The van der Waals surface area contributed by atoms with E-state index >= 15 is 0 Å². The van der Waals surface area contributed by atoms with E-state index in [0.717, 1.165) is 18.5 Å². The lowest BCUT2D eigenvalue weighted by Gasteiger charge is -2.35. The Labute approximate surface area is 89.6 Å². The lowest BCUT2D eigenvalue weighted by Crippen LogP contribution is -2.40. The molecule has 2 rings (SSSR count). The van der Waals surface area contributed by atoms with Gasteiger partial charge in [-0.3, -0.25) is 0 Å². The van der Waals surface area contributed by atoms with E-state index in [1.54, 1.807) is 7.11 Å². The predicted octanol–water partition coefficient (Wildman–Crippen LogP) is 1.44. The van der Waals surface area contributed by atoms with Crippen LogP contribution in [0, 0.1) is 0 Å². The molecule has 1 aromatic carbocycles. The minimum atomic E-state index is 0.411. The van der Waals surface area contributed by atoms with Crippen LogP contribution in [0.3, 0.4) is 0 Å². The first kappa shape index (κ1) is 10.1. The van der Waals surface area contributed by atoms with Crippen molar-refractivity contribution in [3.63, 3.8) is 0 Å². The molecule has 0 radical (unpaired) electrons. The van der Waals surface area contributed by atoms with Crippen LogP contribution in [0.4, 0.5) is 17.1 Å². The summed E-state index contributed by atoms with van der Waals surface area (Å²) in [5.41, 5.74) is 13.6. The Bertz CT molecular complexity index is 348. The second kappa shape index (κ2) is 3.98. The summed E-state index contributed by atoms with van der Waals surface area (Å²) >= 11 is 0. The zero-order chi connectivity index (χ0) is 10.8. The highest BCUT2D eigenvalue weighted by Gasteiger charge is 2.28. The van der Waals surface area contributed by atoms with Crippen molar-refractivity contribution in [3.8, 4) is 0 Å². The van der Waals surface area contributed by atoms with Crippen molar-refractivity contribution in [2.45, 2.75) is 25.0 Å². The SMILES string of the molecule is COC1CC(Nc2ccc(N)c(N)c2)C1. The lowest BCUT2D eigenvalue weighted by atomic mass is 9.89. The standard InChI is InChI=1S/C11H17N3O/c1-15-9-4-8(5-9)14-7-2-3-10(12)11(13)6-7/h2-3,6,8-9,14H,4-5,12-13H2,1H3. The zero-order valence-electron chi connectivity index (χ0n) is 8.86. The second-order valence-electron chi connectivity index (χ2n) is 4.01. The fourth-order valence-corrected chi connectivity index (χ4v) is 1.78. The number of rotatable bonds is 3. The van der Waals surface area contributed by atoms with E-state index in [1.165, 1.54) is 0 Å². The van der Waals surface area contributed by atoms with Crippen molar-refractivity contribution in [1.82, 2.24) is 0 Å². The number of hydrogen-bond acceptors (Lipinski definition) is 4. The second-order valence-corrected chi connectivity index (χ2v) is 4.01. The molecule has 82 valence electrons. The predicted molar refractivity (Wildman–Crippen MR) is 62.7 cm³/mol. The molecule has 5 N–H and O–H groups in total. The van der Waals surface area contributed by atoms with Gasteiger partial charge in [-0.2, -0.15) is 0 Å². The first-order valence-electron chi connectivity index (χ1n) is 5.13. The van der Waals surface area contributed by atoms with Gasteiger partial charge in [-0.25, -0.2) is 0 Å². The van der Waals surface area contributed by atoms with Crippen molar-refractivity contribution < 1.29 is 4.74 Å². The number of nitrogens with one attached hydrogen (secondary N) is 1. The van der Waals surface area contributed by atoms with E-state index in [0.29, 0.717) is 23.5 Å². The summed E-state index contributed by atoms with van der Waals surface area (Å²) in [5, 5.41) is 3.40. The molecular formula is C11H17N3O. The van der Waals surface area contributed by atoms with E-state index in [9.17, 15) is 0 Å². The molecule has 1 aromatic rings. The molecule has 0 amide bonds. The molecule has 0 unspecified atom stereocenters. The molecule has 1 fully saturated rings. The van der Waals surface area contributed by atoms with Crippen molar-refractivity contribution in [2.24, 2.45) is 0 Å². The van der Waals surface area contributed by atoms with E-state index in [1.807, 2.05) is 18.2 Å². The van der Waals surface area contributed by atoms with Crippen LogP contribution in [-0.2, 0) is 4.74 Å². The molecule has 1 aliphatic rings. The average Bonchev–Trinajstić information content (AvgIpc) is 2.16. The van der Waals surface area contributed by atoms with Gasteiger partial charge in [0.15, 0.2) is 0 Å². The molecule has 0 aromatic heterocycles. The molecular weight excluding hydrogens is 190 g/mol. The minimum absolute atomic E-state index is 0.411. The van der Waals surface area contributed by atoms with E-state index in [4.69, 9.17) is 16.2 Å². The van der Waals surface area contributed by atoms with E-state index < -0.39 is 0 Å². The Balaban J connectivity index is 1.92. The molecule has 0 saturated heterocycles. The topological polar surface area (TPSA) is 73.3 Å². The van der Waals surface area contributed by atoms with Gasteiger partial charge >= 0.3 is 0 Å². The first-order valence-corrected chi connectivity index (χ1v) is 5.13. The third kappa shape index (κ3) is 2.15. The van der Waals surface area contributed by atoms with Crippen LogP contribution in [0.1, 0.15) is 12.8 Å². The van der Waals surface area contributed by atoms with Crippen molar-refractivity contribution in [1.29, 1.82) is 0 Å². The maximum atomic E-state index is 5.72. The molecule has 4 heteroatoms. The van der Waals surface area contributed by atoms with Gasteiger partial charge in [0, 0.05) is 18.8 Å². The van der Waals surface area contributed by atoms with Crippen LogP contribution in [-0.4, -0.2) is 19.3 Å². The van der Waals surface area contributed by atoms with Gasteiger partial charge in [-0.1, -0.05) is 0 Å². The molecule has 0 spiro atoms. The molecule has 0 aliphatic heterocycles. The number of hydrogen-bond donors (Lipinski definition) is 3. The van der Waals surface area contributed by atoms with Gasteiger partial charge in [0.05, 0.1) is 17.5 Å². The average molecular weight is 207 g/mol. The maximum Gasteiger partial charge on any atom is 0.0610 e. The summed E-state index contributed by atoms with van der Waals surface area (Å²) in [4.78, 5) is 0. The maximum absolute atomic E-state index is 5.72. The smallest absolute Gasteiger partial charge is 0.0610 e. The van der Waals surface area contributed by atoms with Crippen LogP contribution in [0.2, 0.25) is 0 Å². The summed E-state index contributed by atoms with van der Waals surface area (Å²) in [7, 11) is 1.75. The number of methoxy groups -OCH3 is 1. The molecule has 1 saturated carbocycles. The quantitative estimate of drug-likeness (QED) is 0.656. The van der Waals surface area contributed by atoms with Crippen molar-refractivity contribution in [2.75, 3.05) is 23.9 Å². The fraction of sp³-hybridized carbons (Fsp3) is 0.455. The molecule has 15 heavy (non-hydrogen) atoms. The summed E-state index contributed by atoms with van der Waals surface area (Å²) in [6.45, 7) is 0. The molecule has 0 heterocycles. The third-order valence-corrected chi connectivity index (χ3v) is 2.89. The highest BCUT2D eigenvalue weighted by Crippen LogP contribution is 2.28. The van der Waals surface area contributed by atoms with Gasteiger partial charge in [-0.05, 0) is 31.0 Å². The number of anilines is 3. The Hall–Kier alpha value is -1.42. The van der Waals surface area contributed by atoms with Gasteiger partial charge < -0.3 is 21.5 Å². The highest BCUT2D eigenvalue weighted by molar-refractivity contribution is 5.69. The first-order chi connectivity index (χ1) is 7.19. The molecule has 0 atom stereocenters. The number of ether oxygens (including phenoxy) is 1. The molecule has 4 nitrogen and oxygen atoms in total. The Morgan fingerprint density at radius 3 is 2.60 bits per heavy atom. The van der Waals surface area contributed by atoms with Crippen LogP contribution in [0.15, 0.2) is 18.2 Å². The van der Waals surface area contributed by atoms with Crippen molar-refractivity contribution in [3.05, 3.63) is 18.2 Å². The monoisotopic (exact) mass is 207 g/mol. The molecule has 1 aliphatic carbocycles. The summed E-state index contributed by atoms with van der Waals surface area (Å²) in [6, 6.07) is 6.14. The zero-order valence-corrected chi connectivity index (χ0v) is 8.86.